The van der Waals surface area contributed by atoms with Crippen molar-refractivity contribution in [2.75, 3.05) is 11.9 Å². The fraction of sp³-hybridized carbons (Fsp3) is 0.111. The number of nitrogens with zero attached hydrogens (tertiary/aromatic N) is 3. The van der Waals surface area contributed by atoms with Crippen molar-refractivity contribution in [2.24, 2.45) is 0 Å². The molecule has 2 heterocycles. The van der Waals surface area contributed by atoms with E-state index in [-0.39, 0.29) is 22.9 Å². The molecule has 1 aliphatic heterocycles. The predicted molar refractivity (Wildman–Crippen MR) is 139 cm³/mol. The van der Waals surface area contributed by atoms with Gasteiger partial charge in [-0.2, -0.15) is 4.31 Å². The summed E-state index contributed by atoms with van der Waals surface area (Å²) in [7, 11) is -2.67. The van der Waals surface area contributed by atoms with Crippen LogP contribution in [0.3, 0.4) is 0 Å². The molecule has 0 radical (unpaired) electrons. The van der Waals surface area contributed by atoms with Crippen molar-refractivity contribution in [1.82, 2.24) is 9.29 Å². The molecule has 4 aromatic rings. The second kappa shape index (κ2) is 10.2. The lowest BCUT2D eigenvalue weighted by Crippen LogP contribution is -2.30. The third-order valence-corrected chi connectivity index (χ3v) is 8.66. The summed E-state index contributed by atoms with van der Waals surface area (Å²) in [6, 6.07) is 12.5. The number of aromatic nitrogens is 1. The van der Waals surface area contributed by atoms with Crippen molar-refractivity contribution >= 4 is 44.6 Å². The van der Waals surface area contributed by atoms with E-state index in [1.54, 1.807) is 24.7 Å². The summed E-state index contributed by atoms with van der Waals surface area (Å²) in [5.41, 5.74) is 1.69. The van der Waals surface area contributed by atoms with Gasteiger partial charge in [0.25, 0.3) is 5.91 Å². The molecule has 0 spiro atoms. The number of likely N-dealkylation sites (N-methyl/N-ethyl adjacent to an activating group) is 1. The molecular formula is C27H20F3N3O3S2. The molecule has 0 saturated heterocycles. The first kappa shape index (κ1) is 25.8. The van der Waals surface area contributed by atoms with Crippen molar-refractivity contribution in [2.45, 2.75) is 18.0 Å². The van der Waals surface area contributed by atoms with Crippen LogP contribution in [0.2, 0.25) is 0 Å². The fourth-order valence-electron chi connectivity index (χ4n) is 4.17. The molecule has 0 unspecified atom stereocenters. The Morgan fingerprint density at radius 2 is 1.71 bits per heavy atom. The zero-order valence-corrected chi connectivity index (χ0v) is 21.6. The summed E-state index contributed by atoms with van der Waals surface area (Å²) in [5.74, 6) is -2.47. The Labute approximate surface area is 221 Å². The summed E-state index contributed by atoms with van der Waals surface area (Å²) >= 11 is 1.33. The van der Waals surface area contributed by atoms with Gasteiger partial charge in [-0.25, -0.2) is 26.6 Å². The molecule has 0 N–H and O–H groups in total. The average molecular weight is 556 g/mol. The molecule has 0 atom stereocenters. The van der Waals surface area contributed by atoms with E-state index >= 15 is 0 Å². The van der Waals surface area contributed by atoms with Gasteiger partial charge in [-0.1, -0.05) is 18.2 Å². The molecular weight excluding hydrogens is 535 g/mol. The lowest BCUT2D eigenvalue weighted by atomic mass is 10.1. The van der Waals surface area contributed by atoms with Crippen LogP contribution in [0.1, 0.15) is 21.7 Å². The van der Waals surface area contributed by atoms with Crippen LogP contribution in [-0.4, -0.2) is 30.7 Å². The van der Waals surface area contributed by atoms with Gasteiger partial charge in [0.05, 0.1) is 16.2 Å². The highest BCUT2D eigenvalue weighted by Gasteiger charge is 2.33. The first-order valence-corrected chi connectivity index (χ1v) is 13.7. The van der Waals surface area contributed by atoms with Gasteiger partial charge in [0, 0.05) is 48.9 Å². The molecule has 1 amide bonds. The summed E-state index contributed by atoms with van der Waals surface area (Å²) in [5, 5.41) is 2.35. The minimum atomic E-state index is -4.27. The highest BCUT2D eigenvalue weighted by molar-refractivity contribution is 7.89. The Morgan fingerprint density at radius 3 is 2.39 bits per heavy atom. The maximum Gasteiger partial charge on any atom is 0.258 e. The van der Waals surface area contributed by atoms with Crippen molar-refractivity contribution in [3.8, 4) is 0 Å². The van der Waals surface area contributed by atoms with Gasteiger partial charge in [0.2, 0.25) is 10.0 Å². The van der Waals surface area contributed by atoms with Gasteiger partial charge in [-0.05, 0) is 48.0 Å². The van der Waals surface area contributed by atoms with Gasteiger partial charge < -0.3 is 4.90 Å². The molecule has 38 heavy (non-hydrogen) atoms. The van der Waals surface area contributed by atoms with Crippen LogP contribution in [0, 0.1) is 17.5 Å². The van der Waals surface area contributed by atoms with Gasteiger partial charge in [0.1, 0.15) is 22.5 Å². The number of thiazole rings is 1. The maximum absolute atomic E-state index is 14.5. The number of benzene rings is 3. The van der Waals surface area contributed by atoms with Gasteiger partial charge >= 0.3 is 0 Å². The second-order valence-electron chi connectivity index (χ2n) is 8.61. The third kappa shape index (κ3) is 5.00. The summed E-state index contributed by atoms with van der Waals surface area (Å²) in [4.78, 5) is 18.4. The largest absolute Gasteiger partial charge is 0.311 e. The zero-order valence-electron chi connectivity index (χ0n) is 19.9. The van der Waals surface area contributed by atoms with Crippen molar-refractivity contribution in [3.05, 3.63) is 111 Å². The lowest BCUT2D eigenvalue weighted by molar-refractivity contribution is -0.112. The highest BCUT2D eigenvalue weighted by Crippen LogP contribution is 2.39. The fourth-order valence-corrected chi connectivity index (χ4v) is 6.17. The number of amides is 1. The predicted octanol–water partition coefficient (Wildman–Crippen LogP) is 5.47. The van der Waals surface area contributed by atoms with E-state index < -0.39 is 34.0 Å². The Kier molecular flexibility index (Phi) is 6.91. The standard InChI is InChI=1S/C27H20F3N3O3S2/c1-32-25-9-8-21(13-22(25)23(27(32)34)14-26-31-10-11-37-26)38(35,36)33(15-17-2-5-19(28)6-3-17)16-18-4-7-20(29)12-24(18)30/h2-14H,15-16H2,1H3/b23-14+. The topological polar surface area (TPSA) is 70.6 Å². The smallest absolute Gasteiger partial charge is 0.258 e. The normalized spacial score (nSPS) is 14.5. The number of fused-ring (bicyclic) bond motifs is 1. The van der Waals surface area contributed by atoms with E-state index in [0.717, 1.165) is 10.4 Å². The van der Waals surface area contributed by atoms with Crippen molar-refractivity contribution in [3.63, 3.8) is 0 Å². The molecule has 0 saturated carbocycles. The van der Waals surface area contributed by atoms with Crippen LogP contribution < -0.4 is 4.90 Å². The van der Waals surface area contributed by atoms with E-state index in [1.165, 1.54) is 64.8 Å². The number of carbonyl (C=O) groups excluding carboxylic acids is 1. The first-order valence-electron chi connectivity index (χ1n) is 11.4. The Balaban J connectivity index is 1.57. The highest BCUT2D eigenvalue weighted by atomic mass is 32.2. The molecule has 1 aliphatic rings. The van der Waals surface area contributed by atoms with Crippen LogP contribution in [0.5, 0.6) is 0 Å². The molecule has 11 heteroatoms. The molecule has 3 aromatic carbocycles. The van der Waals surface area contributed by atoms with Crippen LogP contribution in [0.15, 0.2) is 77.1 Å². The Morgan fingerprint density at radius 1 is 0.974 bits per heavy atom. The monoisotopic (exact) mass is 555 g/mol. The minimum absolute atomic E-state index is 0.0301. The number of rotatable bonds is 7. The van der Waals surface area contributed by atoms with Crippen LogP contribution in [-0.2, 0) is 27.9 Å². The number of hydrogen-bond acceptors (Lipinski definition) is 5. The molecule has 0 bridgehead atoms. The number of anilines is 1. The summed E-state index contributed by atoms with van der Waals surface area (Å²) < 4.78 is 70.3. The molecule has 194 valence electrons. The van der Waals surface area contributed by atoms with Crippen LogP contribution in [0.4, 0.5) is 18.9 Å². The molecule has 0 fully saturated rings. The SMILES string of the molecule is CN1C(=O)/C(=C/c2nccs2)c2cc(S(=O)(=O)N(Cc3ccc(F)cc3)Cc3ccc(F)cc3F)ccc21. The average Bonchev–Trinajstić information content (AvgIpc) is 3.49. The Hall–Kier alpha value is -3.80. The van der Waals surface area contributed by atoms with E-state index in [0.29, 0.717) is 33.5 Å². The molecule has 5 rings (SSSR count). The Bertz CT molecular complexity index is 1650. The first-order chi connectivity index (χ1) is 18.1. The van der Waals surface area contributed by atoms with Crippen LogP contribution in [0.25, 0.3) is 11.6 Å². The minimum Gasteiger partial charge on any atom is -0.311 e. The van der Waals surface area contributed by atoms with Gasteiger partial charge in [-0.15, -0.1) is 11.3 Å². The van der Waals surface area contributed by atoms with Gasteiger partial charge in [-0.3, -0.25) is 4.79 Å². The number of halogens is 3. The quantitative estimate of drug-likeness (QED) is 0.284. The van der Waals surface area contributed by atoms with E-state index in [9.17, 15) is 26.4 Å². The van der Waals surface area contributed by atoms with Crippen molar-refractivity contribution < 1.29 is 26.4 Å². The molecule has 6 nitrogen and oxygen atoms in total. The molecule has 0 aliphatic carbocycles. The lowest BCUT2D eigenvalue weighted by Gasteiger charge is -2.23. The summed E-state index contributed by atoms with van der Waals surface area (Å²) in [6.45, 7) is -0.597. The van der Waals surface area contributed by atoms with Crippen molar-refractivity contribution in [1.29, 1.82) is 0 Å². The molecule has 1 aromatic heterocycles. The van der Waals surface area contributed by atoms with E-state index in [4.69, 9.17) is 0 Å². The van der Waals surface area contributed by atoms with E-state index in [2.05, 4.69) is 4.98 Å². The zero-order chi connectivity index (χ0) is 27.0. The second-order valence-corrected chi connectivity index (χ2v) is 11.5. The van der Waals surface area contributed by atoms with Gasteiger partial charge in [0.15, 0.2) is 0 Å². The number of sulfonamides is 1. The number of hydrogen-bond donors (Lipinski definition) is 0. The maximum atomic E-state index is 14.5. The number of carbonyl (C=O) groups is 1. The third-order valence-electron chi connectivity index (χ3n) is 6.15. The van der Waals surface area contributed by atoms with E-state index in [1.807, 2.05) is 0 Å². The van der Waals surface area contributed by atoms with Crippen LogP contribution >= 0.6 is 11.3 Å². The summed E-state index contributed by atoms with van der Waals surface area (Å²) in [6.07, 6.45) is 3.21.